The Bertz CT molecular complexity index is 476. The van der Waals surface area contributed by atoms with Crippen molar-refractivity contribution in [3.05, 3.63) is 33.4 Å². The highest BCUT2D eigenvalue weighted by atomic mass is 127. The van der Waals surface area contributed by atoms with Crippen molar-refractivity contribution < 1.29 is 9.53 Å². The molecular weight excluding hydrogens is 345 g/mol. The van der Waals surface area contributed by atoms with Gasteiger partial charge in [0.15, 0.2) is 0 Å². The lowest BCUT2D eigenvalue weighted by atomic mass is 9.98. The van der Waals surface area contributed by atoms with Crippen LogP contribution < -0.4 is 10.6 Å². The molecule has 0 saturated heterocycles. The van der Waals surface area contributed by atoms with Crippen LogP contribution in [-0.2, 0) is 4.74 Å². The lowest BCUT2D eigenvalue weighted by Gasteiger charge is -2.23. The van der Waals surface area contributed by atoms with E-state index in [1.54, 1.807) is 0 Å². The highest BCUT2D eigenvalue weighted by Crippen LogP contribution is 2.19. The van der Waals surface area contributed by atoms with Gasteiger partial charge in [0.1, 0.15) is 0 Å². The van der Waals surface area contributed by atoms with Crippen molar-refractivity contribution in [3.63, 3.8) is 0 Å². The van der Waals surface area contributed by atoms with Gasteiger partial charge in [0.25, 0.3) is 0 Å². The number of nitrogens with one attached hydrogen (secondary N) is 2. The Labute approximate surface area is 119 Å². The first kappa shape index (κ1) is 13.1. The molecule has 1 aromatic carbocycles. The molecule has 1 aliphatic heterocycles. The highest BCUT2D eigenvalue weighted by molar-refractivity contribution is 14.1. The van der Waals surface area contributed by atoms with Crippen LogP contribution in [0.5, 0.6) is 0 Å². The molecular formula is C12H14IN3O2. The van der Waals surface area contributed by atoms with E-state index in [2.05, 4.69) is 61.2 Å². The summed E-state index contributed by atoms with van der Waals surface area (Å²) in [5, 5.41) is 5.62. The highest BCUT2D eigenvalue weighted by Gasteiger charge is 2.18. The average Bonchev–Trinajstić information content (AvgIpc) is 2.39. The maximum absolute atomic E-state index is 11.0. The molecule has 0 aliphatic carbocycles. The molecule has 1 aromatic rings. The second kappa shape index (κ2) is 6.03. The van der Waals surface area contributed by atoms with Crippen molar-refractivity contribution in [2.75, 3.05) is 20.2 Å². The first-order valence-corrected chi connectivity index (χ1v) is 6.65. The molecule has 0 saturated carbocycles. The zero-order valence-electron chi connectivity index (χ0n) is 9.94. The summed E-state index contributed by atoms with van der Waals surface area (Å²) < 4.78 is 5.72. The normalized spacial score (nSPS) is 18.6. The van der Waals surface area contributed by atoms with Crippen LogP contribution in [0.15, 0.2) is 29.3 Å². The molecule has 1 unspecified atom stereocenters. The fourth-order valence-electron chi connectivity index (χ4n) is 1.76. The number of hydrogen-bond acceptors (Lipinski definition) is 4. The second-order valence-electron chi connectivity index (χ2n) is 3.94. The number of ether oxygens (including phenoxy) is 1. The van der Waals surface area contributed by atoms with Gasteiger partial charge < -0.3 is 10.1 Å². The van der Waals surface area contributed by atoms with Gasteiger partial charge in [-0.05, 0) is 40.3 Å². The SMILES string of the molecule is COC(=O)NC1=NCC(c2cccc(I)c2)CN1. The number of carbonyl (C=O) groups is 1. The van der Waals surface area contributed by atoms with Crippen molar-refractivity contribution in [1.29, 1.82) is 0 Å². The third kappa shape index (κ3) is 3.34. The number of carbonyl (C=O) groups excluding carboxylic acids is 1. The van der Waals surface area contributed by atoms with E-state index in [-0.39, 0.29) is 0 Å². The molecule has 6 heteroatoms. The molecule has 0 radical (unpaired) electrons. The van der Waals surface area contributed by atoms with Gasteiger partial charge in [0.2, 0.25) is 5.96 Å². The topological polar surface area (TPSA) is 62.7 Å². The minimum Gasteiger partial charge on any atom is -0.453 e. The second-order valence-corrected chi connectivity index (χ2v) is 5.18. The molecule has 0 spiro atoms. The predicted molar refractivity (Wildman–Crippen MR) is 77.7 cm³/mol. The van der Waals surface area contributed by atoms with Crippen LogP contribution in [0.4, 0.5) is 4.79 Å². The fraction of sp³-hybridized carbons (Fsp3) is 0.333. The summed E-state index contributed by atoms with van der Waals surface area (Å²) >= 11 is 2.30. The Kier molecular flexibility index (Phi) is 4.40. The van der Waals surface area contributed by atoms with Crippen molar-refractivity contribution in [2.24, 2.45) is 4.99 Å². The van der Waals surface area contributed by atoms with Crippen LogP contribution in [0.3, 0.4) is 0 Å². The van der Waals surface area contributed by atoms with Crippen LogP contribution in [0.25, 0.3) is 0 Å². The Morgan fingerprint density at radius 2 is 2.44 bits per heavy atom. The third-order valence-electron chi connectivity index (χ3n) is 2.71. The Morgan fingerprint density at radius 3 is 3.06 bits per heavy atom. The van der Waals surface area contributed by atoms with Crippen LogP contribution in [0.2, 0.25) is 0 Å². The molecule has 2 rings (SSSR count). The summed E-state index contributed by atoms with van der Waals surface area (Å²) in [6, 6.07) is 8.36. The molecule has 96 valence electrons. The van der Waals surface area contributed by atoms with Gasteiger partial charge >= 0.3 is 6.09 Å². The largest absolute Gasteiger partial charge is 0.453 e. The number of methoxy groups -OCH3 is 1. The molecule has 0 aromatic heterocycles. The first-order valence-electron chi connectivity index (χ1n) is 5.58. The Balaban J connectivity index is 1.99. The first-order chi connectivity index (χ1) is 8.69. The monoisotopic (exact) mass is 359 g/mol. The zero-order chi connectivity index (χ0) is 13.0. The van der Waals surface area contributed by atoms with Gasteiger partial charge in [-0.1, -0.05) is 12.1 Å². The number of guanidine groups is 1. The zero-order valence-corrected chi connectivity index (χ0v) is 12.1. The summed E-state index contributed by atoms with van der Waals surface area (Å²) in [5.41, 5.74) is 1.26. The van der Waals surface area contributed by atoms with E-state index in [9.17, 15) is 4.79 Å². The number of hydrogen-bond donors (Lipinski definition) is 2. The van der Waals surface area contributed by atoms with E-state index in [0.717, 1.165) is 6.54 Å². The summed E-state index contributed by atoms with van der Waals surface area (Å²) in [4.78, 5) is 15.3. The standard InChI is InChI=1S/C12H14IN3O2/c1-18-12(17)16-11-14-6-9(7-15-11)8-3-2-4-10(13)5-8/h2-5,9H,6-7H2,1H3,(H2,14,15,16,17). The number of halogens is 1. The van der Waals surface area contributed by atoms with Gasteiger partial charge in [-0.15, -0.1) is 0 Å². The van der Waals surface area contributed by atoms with E-state index >= 15 is 0 Å². The summed E-state index contributed by atoms with van der Waals surface area (Å²) in [7, 11) is 1.33. The van der Waals surface area contributed by atoms with E-state index in [4.69, 9.17) is 0 Å². The average molecular weight is 359 g/mol. The van der Waals surface area contributed by atoms with E-state index in [1.807, 2.05) is 6.07 Å². The van der Waals surface area contributed by atoms with Gasteiger partial charge in [0, 0.05) is 16.0 Å². The predicted octanol–water partition coefficient (Wildman–Crippen LogP) is 1.69. The van der Waals surface area contributed by atoms with Crippen molar-refractivity contribution in [1.82, 2.24) is 10.6 Å². The van der Waals surface area contributed by atoms with Gasteiger partial charge in [-0.2, -0.15) is 0 Å². The lowest BCUT2D eigenvalue weighted by Crippen LogP contribution is -2.45. The van der Waals surface area contributed by atoms with Gasteiger partial charge in [0.05, 0.1) is 13.7 Å². The fourth-order valence-corrected chi connectivity index (χ4v) is 2.32. The number of nitrogens with zero attached hydrogens (tertiary/aromatic N) is 1. The van der Waals surface area contributed by atoms with Crippen LogP contribution in [0, 0.1) is 3.57 Å². The van der Waals surface area contributed by atoms with Gasteiger partial charge in [-0.25, -0.2) is 4.79 Å². The molecule has 1 aliphatic rings. The number of alkyl carbamates (subject to hydrolysis) is 1. The van der Waals surface area contributed by atoms with Crippen molar-refractivity contribution in [2.45, 2.75) is 5.92 Å². The Hall–Kier alpha value is -1.31. The molecule has 0 bridgehead atoms. The number of aliphatic imine (C=N–C) groups is 1. The minimum atomic E-state index is -0.506. The van der Waals surface area contributed by atoms with E-state index in [0.29, 0.717) is 18.4 Å². The van der Waals surface area contributed by atoms with Crippen molar-refractivity contribution in [3.8, 4) is 0 Å². The van der Waals surface area contributed by atoms with E-state index in [1.165, 1.54) is 16.2 Å². The molecule has 1 amide bonds. The van der Waals surface area contributed by atoms with E-state index < -0.39 is 6.09 Å². The number of amides is 1. The molecule has 2 N–H and O–H groups in total. The lowest BCUT2D eigenvalue weighted by molar-refractivity contribution is 0.176. The third-order valence-corrected chi connectivity index (χ3v) is 3.38. The number of rotatable bonds is 1. The summed E-state index contributed by atoms with van der Waals surface area (Å²) in [6.45, 7) is 1.41. The maximum atomic E-state index is 11.0. The molecule has 18 heavy (non-hydrogen) atoms. The minimum absolute atomic E-state index is 0.336. The number of benzene rings is 1. The summed E-state index contributed by atoms with van der Waals surface area (Å²) in [6.07, 6.45) is -0.506. The van der Waals surface area contributed by atoms with Crippen LogP contribution in [0.1, 0.15) is 11.5 Å². The maximum Gasteiger partial charge on any atom is 0.413 e. The molecule has 5 nitrogen and oxygen atoms in total. The molecule has 0 fully saturated rings. The van der Waals surface area contributed by atoms with Crippen LogP contribution in [-0.4, -0.2) is 32.3 Å². The van der Waals surface area contributed by atoms with Crippen LogP contribution >= 0.6 is 22.6 Å². The van der Waals surface area contributed by atoms with Gasteiger partial charge in [-0.3, -0.25) is 10.3 Å². The quantitative estimate of drug-likeness (QED) is 0.751. The van der Waals surface area contributed by atoms with Crippen molar-refractivity contribution >= 4 is 34.6 Å². The summed E-state index contributed by atoms with van der Waals surface area (Å²) in [5.74, 6) is 0.812. The molecule has 1 heterocycles. The Morgan fingerprint density at radius 1 is 1.61 bits per heavy atom. The molecule has 1 atom stereocenters. The smallest absolute Gasteiger partial charge is 0.413 e.